The Morgan fingerprint density at radius 2 is 1.68 bits per heavy atom. The van der Waals surface area contributed by atoms with Crippen LogP contribution in [0.5, 0.6) is 0 Å². The van der Waals surface area contributed by atoms with E-state index in [4.69, 9.17) is 0 Å². The van der Waals surface area contributed by atoms with E-state index in [2.05, 4.69) is 63.8 Å². The van der Waals surface area contributed by atoms with Crippen molar-refractivity contribution in [3.8, 4) is 0 Å². The molecular weight excluding hydrogens is 343 g/mol. The van der Waals surface area contributed by atoms with Crippen molar-refractivity contribution in [2.24, 2.45) is 11.8 Å². The normalized spacial score (nSPS) is 14.3. The Labute approximate surface area is 173 Å². The van der Waals surface area contributed by atoms with Crippen molar-refractivity contribution in [3.63, 3.8) is 0 Å². The number of benzene rings is 1. The molecule has 0 aliphatic carbocycles. The Morgan fingerprint density at radius 1 is 1.00 bits per heavy atom. The highest BCUT2D eigenvalue weighted by atomic mass is 19.1. The van der Waals surface area contributed by atoms with Gasteiger partial charge in [0.15, 0.2) is 0 Å². The summed E-state index contributed by atoms with van der Waals surface area (Å²) in [6.07, 6.45) is 22.6. The summed E-state index contributed by atoms with van der Waals surface area (Å²) < 4.78 is 12.9. The molecule has 0 radical (unpaired) electrons. The van der Waals surface area contributed by atoms with E-state index in [0.717, 1.165) is 44.4 Å². The van der Waals surface area contributed by atoms with E-state index in [-0.39, 0.29) is 5.82 Å². The Balaban J connectivity index is 2.08. The van der Waals surface area contributed by atoms with Gasteiger partial charge in [0, 0.05) is 0 Å². The van der Waals surface area contributed by atoms with Crippen molar-refractivity contribution in [3.05, 3.63) is 84.3 Å². The second-order valence-corrected chi connectivity index (χ2v) is 8.19. The average molecular weight is 383 g/mol. The Morgan fingerprint density at radius 3 is 2.39 bits per heavy atom. The highest BCUT2D eigenvalue weighted by molar-refractivity contribution is 5.16. The summed E-state index contributed by atoms with van der Waals surface area (Å²) in [6.45, 7) is 10.6. The summed E-state index contributed by atoms with van der Waals surface area (Å²) in [5.74, 6) is 1.15. The molecule has 1 rings (SSSR count). The maximum absolute atomic E-state index is 12.9. The van der Waals surface area contributed by atoms with Gasteiger partial charge in [-0.25, -0.2) is 4.39 Å². The summed E-state index contributed by atoms with van der Waals surface area (Å²) in [5.41, 5.74) is 2.50. The minimum atomic E-state index is -0.160. The Hall–Kier alpha value is -1.89. The molecule has 0 heterocycles. The van der Waals surface area contributed by atoms with E-state index in [9.17, 15) is 4.39 Å². The molecule has 0 saturated heterocycles. The van der Waals surface area contributed by atoms with E-state index in [1.165, 1.54) is 24.0 Å². The minimum absolute atomic E-state index is 0.160. The van der Waals surface area contributed by atoms with Gasteiger partial charge in [0.25, 0.3) is 0 Å². The van der Waals surface area contributed by atoms with Crippen molar-refractivity contribution in [1.82, 2.24) is 0 Å². The van der Waals surface area contributed by atoms with E-state index in [1.807, 2.05) is 12.1 Å². The molecule has 28 heavy (non-hydrogen) atoms. The van der Waals surface area contributed by atoms with Gasteiger partial charge < -0.3 is 0 Å². The molecule has 2 unspecified atom stereocenters. The third-order valence-electron chi connectivity index (χ3n) is 4.99. The lowest BCUT2D eigenvalue weighted by atomic mass is 9.99. The molecule has 0 nitrogen and oxygen atoms in total. The van der Waals surface area contributed by atoms with Gasteiger partial charge in [-0.05, 0) is 81.4 Å². The zero-order valence-corrected chi connectivity index (χ0v) is 18.2. The second kappa shape index (κ2) is 15.1. The molecule has 1 heteroatoms. The first kappa shape index (κ1) is 24.1. The minimum Gasteiger partial charge on any atom is -0.207 e. The molecular formula is C27H39F. The van der Waals surface area contributed by atoms with Crippen LogP contribution in [0.25, 0.3) is 0 Å². The van der Waals surface area contributed by atoms with Crippen LogP contribution in [0, 0.1) is 17.7 Å². The SMILES string of the molecule is C=C(C)CCCC(C)C/C=C/C=C/CC/C=C/C(C)CCc1ccc(F)cc1. The molecule has 2 atom stereocenters. The maximum atomic E-state index is 12.9. The van der Waals surface area contributed by atoms with Crippen LogP contribution in [0.15, 0.2) is 72.9 Å². The Bertz CT molecular complexity index is 618. The van der Waals surface area contributed by atoms with Gasteiger partial charge in [-0.1, -0.05) is 74.4 Å². The molecule has 0 spiro atoms. The van der Waals surface area contributed by atoms with Gasteiger partial charge in [-0.3, -0.25) is 0 Å². The van der Waals surface area contributed by atoms with E-state index in [0.29, 0.717) is 5.92 Å². The zero-order chi connectivity index (χ0) is 20.6. The van der Waals surface area contributed by atoms with Gasteiger partial charge in [-0.15, -0.1) is 6.58 Å². The third-order valence-corrected chi connectivity index (χ3v) is 4.99. The molecule has 0 N–H and O–H groups in total. The fraction of sp³-hybridized carbons (Fsp3) is 0.481. The number of unbranched alkanes of at least 4 members (excludes halogenated alkanes) is 1. The van der Waals surface area contributed by atoms with Crippen LogP contribution in [0.4, 0.5) is 4.39 Å². The van der Waals surface area contributed by atoms with Crippen LogP contribution >= 0.6 is 0 Å². The van der Waals surface area contributed by atoms with Crippen LogP contribution < -0.4 is 0 Å². The van der Waals surface area contributed by atoms with Crippen LogP contribution in [0.3, 0.4) is 0 Å². The Kier molecular flexibility index (Phi) is 13.0. The van der Waals surface area contributed by atoms with Gasteiger partial charge in [0.05, 0.1) is 0 Å². The molecule has 0 saturated carbocycles. The summed E-state index contributed by atoms with van der Waals surface area (Å²) in [4.78, 5) is 0. The standard InChI is InChI=1S/C27H39F/c1-23(2)13-12-16-24(3)14-10-8-6-5-7-9-11-15-25(4)17-18-26-19-21-27(28)22-20-26/h5-6,8,10-11,15,19-22,24-25H,1,7,9,12-14,16-18H2,2-4H3/b6-5+,10-8+,15-11+. The molecule has 1 aromatic rings. The number of aryl methyl sites for hydroxylation is 1. The lowest BCUT2D eigenvalue weighted by molar-refractivity contribution is 0.516. The summed E-state index contributed by atoms with van der Waals surface area (Å²) in [7, 11) is 0. The fourth-order valence-corrected chi connectivity index (χ4v) is 3.10. The highest BCUT2D eigenvalue weighted by Gasteiger charge is 2.00. The van der Waals surface area contributed by atoms with Crippen LogP contribution in [0.2, 0.25) is 0 Å². The van der Waals surface area contributed by atoms with E-state index < -0.39 is 0 Å². The van der Waals surface area contributed by atoms with Crippen molar-refractivity contribution in [2.75, 3.05) is 0 Å². The molecule has 0 aliphatic rings. The molecule has 0 amide bonds. The molecule has 1 aromatic carbocycles. The molecule has 0 bridgehead atoms. The van der Waals surface area contributed by atoms with Crippen molar-refractivity contribution in [2.45, 2.75) is 72.1 Å². The highest BCUT2D eigenvalue weighted by Crippen LogP contribution is 2.15. The summed E-state index contributed by atoms with van der Waals surface area (Å²) >= 11 is 0. The van der Waals surface area contributed by atoms with Gasteiger partial charge in [-0.2, -0.15) is 0 Å². The first-order chi connectivity index (χ1) is 13.5. The summed E-state index contributed by atoms with van der Waals surface area (Å²) in [6, 6.07) is 6.85. The quantitative estimate of drug-likeness (QED) is 0.172. The lowest BCUT2D eigenvalue weighted by Crippen LogP contribution is -1.94. The maximum Gasteiger partial charge on any atom is 0.123 e. The molecule has 0 aromatic heterocycles. The smallest absolute Gasteiger partial charge is 0.123 e. The second-order valence-electron chi connectivity index (χ2n) is 8.19. The lowest BCUT2D eigenvalue weighted by Gasteiger charge is -2.07. The predicted octanol–water partition coefficient (Wildman–Crippen LogP) is 8.62. The van der Waals surface area contributed by atoms with Crippen molar-refractivity contribution in [1.29, 1.82) is 0 Å². The average Bonchev–Trinajstić information content (AvgIpc) is 2.66. The zero-order valence-electron chi connectivity index (χ0n) is 18.2. The molecule has 0 aliphatic heterocycles. The number of halogens is 1. The van der Waals surface area contributed by atoms with Crippen LogP contribution in [-0.2, 0) is 6.42 Å². The number of hydrogen-bond donors (Lipinski definition) is 0. The van der Waals surface area contributed by atoms with Crippen molar-refractivity contribution >= 4 is 0 Å². The first-order valence-electron chi connectivity index (χ1n) is 10.8. The third kappa shape index (κ3) is 13.3. The number of allylic oxidation sites excluding steroid dienone is 7. The topological polar surface area (TPSA) is 0 Å². The summed E-state index contributed by atoms with van der Waals surface area (Å²) in [5, 5.41) is 0. The van der Waals surface area contributed by atoms with E-state index in [1.54, 1.807) is 12.1 Å². The van der Waals surface area contributed by atoms with Gasteiger partial charge in [0.1, 0.15) is 5.82 Å². The molecule has 0 fully saturated rings. The van der Waals surface area contributed by atoms with E-state index >= 15 is 0 Å². The fourth-order valence-electron chi connectivity index (χ4n) is 3.10. The predicted molar refractivity (Wildman–Crippen MR) is 123 cm³/mol. The van der Waals surface area contributed by atoms with Crippen LogP contribution in [-0.4, -0.2) is 0 Å². The van der Waals surface area contributed by atoms with Crippen LogP contribution in [0.1, 0.15) is 71.3 Å². The number of rotatable bonds is 14. The van der Waals surface area contributed by atoms with Crippen molar-refractivity contribution < 1.29 is 4.39 Å². The first-order valence-corrected chi connectivity index (χ1v) is 10.8. The van der Waals surface area contributed by atoms with Gasteiger partial charge >= 0.3 is 0 Å². The monoisotopic (exact) mass is 382 g/mol. The molecule has 154 valence electrons. The number of hydrogen-bond acceptors (Lipinski definition) is 0. The largest absolute Gasteiger partial charge is 0.207 e. The van der Waals surface area contributed by atoms with Gasteiger partial charge in [0.2, 0.25) is 0 Å².